The lowest BCUT2D eigenvalue weighted by Gasteiger charge is -2.18. The van der Waals surface area contributed by atoms with Crippen LogP contribution in [0.1, 0.15) is 83.6 Å². The third-order valence-corrected chi connectivity index (χ3v) is 10.7. The van der Waals surface area contributed by atoms with Gasteiger partial charge in [-0.05, 0) is 37.8 Å². The summed E-state index contributed by atoms with van der Waals surface area (Å²) in [5, 5.41) is 0. The lowest BCUT2D eigenvalue weighted by Crippen LogP contribution is -2.23. The van der Waals surface area contributed by atoms with Crippen molar-refractivity contribution < 1.29 is 35.8 Å². The summed E-state index contributed by atoms with van der Waals surface area (Å²) in [6, 6.07) is 6.26. The SMILES string of the molecule is C.CCNS(=O)(=O)c1cc(Oc2cnc(C)nc2N)c(C(C)C)cc1OC.CCS(=O)(=O)c1cc(Oc2cnc(C)nc2N)c(C(C)C)cc1OC. The van der Waals surface area contributed by atoms with Gasteiger partial charge in [0.1, 0.15) is 44.4 Å². The summed E-state index contributed by atoms with van der Waals surface area (Å²) < 4.78 is 74.6. The van der Waals surface area contributed by atoms with Crippen LogP contribution in [0.15, 0.2) is 46.5 Å². The first kappa shape index (κ1) is 43.4. The van der Waals surface area contributed by atoms with Gasteiger partial charge in [-0.1, -0.05) is 49.0 Å². The maximum atomic E-state index is 12.5. The molecule has 0 spiro atoms. The van der Waals surface area contributed by atoms with Crippen LogP contribution >= 0.6 is 0 Å². The van der Waals surface area contributed by atoms with E-state index in [0.717, 1.165) is 11.1 Å². The first-order chi connectivity index (χ1) is 23.9. The van der Waals surface area contributed by atoms with E-state index < -0.39 is 19.9 Å². The highest BCUT2D eigenvalue weighted by Gasteiger charge is 2.25. The summed E-state index contributed by atoms with van der Waals surface area (Å²) in [6.45, 7) is 14.9. The van der Waals surface area contributed by atoms with Gasteiger partial charge in [-0.25, -0.2) is 41.5 Å². The van der Waals surface area contributed by atoms with Gasteiger partial charge in [-0.2, -0.15) is 0 Å². The number of nitrogens with two attached hydrogens (primary N) is 2. The maximum Gasteiger partial charge on any atom is 0.244 e. The Morgan fingerprint density at radius 1 is 0.673 bits per heavy atom. The highest BCUT2D eigenvalue weighted by Crippen LogP contribution is 2.40. The number of sulfonamides is 1. The molecule has 0 radical (unpaired) electrons. The number of methoxy groups -OCH3 is 2. The summed E-state index contributed by atoms with van der Waals surface area (Å²) in [4.78, 5) is 16.4. The Labute approximate surface area is 307 Å². The molecule has 0 aliphatic heterocycles. The molecular formula is C35H51N7O8S2. The lowest BCUT2D eigenvalue weighted by atomic mass is 10.0. The molecule has 0 amide bonds. The summed E-state index contributed by atoms with van der Waals surface area (Å²) in [5.41, 5.74) is 13.3. The lowest BCUT2D eigenvalue weighted by molar-refractivity contribution is 0.397. The largest absolute Gasteiger partial charge is 0.495 e. The van der Waals surface area contributed by atoms with Crippen molar-refractivity contribution in [1.29, 1.82) is 0 Å². The molecule has 15 nitrogen and oxygen atoms in total. The fraction of sp³-hybridized carbons (Fsp3) is 0.429. The number of aryl methyl sites for hydroxylation is 2. The summed E-state index contributed by atoms with van der Waals surface area (Å²) >= 11 is 0. The van der Waals surface area contributed by atoms with E-state index in [1.165, 1.54) is 38.7 Å². The first-order valence-corrected chi connectivity index (χ1v) is 19.2. The number of nitrogen functional groups attached to an aromatic ring is 2. The molecule has 4 aromatic rings. The summed E-state index contributed by atoms with van der Waals surface area (Å²) in [5.74, 6) is 3.34. The minimum atomic E-state index is -3.74. The number of nitrogens with one attached hydrogen (secondary N) is 1. The van der Waals surface area contributed by atoms with Gasteiger partial charge in [0.05, 0.1) is 32.4 Å². The maximum absolute atomic E-state index is 12.5. The molecule has 2 heterocycles. The van der Waals surface area contributed by atoms with Crippen LogP contribution in [0.5, 0.6) is 34.5 Å². The fourth-order valence-corrected chi connectivity index (χ4v) is 6.99. The van der Waals surface area contributed by atoms with Gasteiger partial charge in [0, 0.05) is 29.8 Å². The van der Waals surface area contributed by atoms with Gasteiger partial charge in [-0.15, -0.1) is 0 Å². The zero-order chi connectivity index (χ0) is 38.3. The van der Waals surface area contributed by atoms with Gasteiger partial charge < -0.3 is 30.4 Å². The standard InChI is InChI=1S/C17H24N4O4S.C17H23N3O4S.CH4/c1-6-20-26(22,23)16-8-13(12(10(2)3)7-14(16)24-5)25-15-9-19-11(4)21-17(15)18;1-6-25(21,22)16-8-13(12(10(2)3)7-14(16)23-5)24-15-9-19-11(4)20-17(15)18;/h7-10,20H,6H2,1-5H3,(H2,18,19,21);7-10H,6H2,1-5H3,(H2,18,19,20);1H4. The van der Waals surface area contributed by atoms with Crippen LogP contribution in [-0.4, -0.2) is 63.3 Å². The van der Waals surface area contributed by atoms with Crippen LogP contribution in [0.3, 0.4) is 0 Å². The monoisotopic (exact) mass is 761 g/mol. The normalized spacial score (nSPS) is 11.4. The Balaban J connectivity index is 0.000000354. The molecule has 0 saturated carbocycles. The summed E-state index contributed by atoms with van der Waals surface area (Å²) in [6.07, 6.45) is 2.93. The van der Waals surface area contributed by atoms with Gasteiger partial charge in [0.2, 0.25) is 10.0 Å². The van der Waals surface area contributed by atoms with E-state index in [4.69, 9.17) is 30.4 Å². The van der Waals surface area contributed by atoms with Crippen molar-refractivity contribution in [2.24, 2.45) is 0 Å². The number of ether oxygens (including phenoxy) is 4. The smallest absolute Gasteiger partial charge is 0.244 e. The molecule has 0 bridgehead atoms. The molecule has 5 N–H and O–H groups in total. The quantitative estimate of drug-likeness (QED) is 0.136. The molecule has 286 valence electrons. The molecule has 0 saturated heterocycles. The number of hydrogen-bond donors (Lipinski definition) is 3. The zero-order valence-electron chi connectivity index (χ0n) is 30.6. The Morgan fingerprint density at radius 2 is 1.08 bits per heavy atom. The predicted octanol–water partition coefficient (Wildman–Crippen LogP) is 6.31. The van der Waals surface area contributed by atoms with E-state index in [1.54, 1.807) is 39.8 Å². The third kappa shape index (κ3) is 10.4. The van der Waals surface area contributed by atoms with E-state index in [-0.39, 0.29) is 70.2 Å². The number of anilines is 2. The average Bonchev–Trinajstić information content (AvgIpc) is 3.06. The zero-order valence-corrected chi connectivity index (χ0v) is 32.2. The van der Waals surface area contributed by atoms with Crippen LogP contribution < -0.4 is 35.1 Å². The van der Waals surface area contributed by atoms with Gasteiger partial charge in [-0.3, -0.25) is 0 Å². The molecule has 0 atom stereocenters. The molecule has 2 aromatic carbocycles. The Hall–Kier alpha value is -4.74. The molecule has 52 heavy (non-hydrogen) atoms. The van der Waals surface area contributed by atoms with Crippen molar-refractivity contribution in [2.45, 2.75) is 84.4 Å². The highest BCUT2D eigenvalue weighted by molar-refractivity contribution is 7.91. The molecule has 0 unspecified atom stereocenters. The molecule has 17 heteroatoms. The number of sulfone groups is 1. The van der Waals surface area contributed by atoms with Crippen LogP contribution in [0.4, 0.5) is 11.6 Å². The van der Waals surface area contributed by atoms with Gasteiger partial charge in [0.15, 0.2) is 33.0 Å². The van der Waals surface area contributed by atoms with Crippen LogP contribution in [0, 0.1) is 13.8 Å². The number of aromatic nitrogens is 4. The molecule has 0 fully saturated rings. The van der Waals surface area contributed by atoms with E-state index in [9.17, 15) is 16.8 Å². The van der Waals surface area contributed by atoms with Crippen molar-refractivity contribution in [2.75, 3.05) is 38.0 Å². The number of nitrogens with zero attached hydrogens (tertiary/aromatic N) is 4. The van der Waals surface area contributed by atoms with Crippen LogP contribution in [-0.2, 0) is 19.9 Å². The van der Waals surface area contributed by atoms with Crippen LogP contribution in [0.2, 0.25) is 0 Å². The van der Waals surface area contributed by atoms with Gasteiger partial charge in [0.25, 0.3) is 0 Å². The second-order valence-electron chi connectivity index (χ2n) is 11.8. The van der Waals surface area contributed by atoms with Crippen LogP contribution in [0.25, 0.3) is 0 Å². The second kappa shape index (κ2) is 18.1. The fourth-order valence-electron chi connectivity index (χ4n) is 4.74. The summed E-state index contributed by atoms with van der Waals surface area (Å²) in [7, 11) is -4.36. The molecule has 0 aliphatic rings. The Morgan fingerprint density at radius 3 is 1.42 bits per heavy atom. The number of benzene rings is 2. The molecule has 0 aliphatic carbocycles. The number of hydrogen-bond acceptors (Lipinski definition) is 14. The predicted molar refractivity (Wildman–Crippen MR) is 202 cm³/mol. The topological polar surface area (TPSA) is 221 Å². The van der Waals surface area contributed by atoms with Crippen molar-refractivity contribution >= 4 is 31.5 Å². The van der Waals surface area contributed by atoms with Gasteiger partial charge >= 0.3 is 0 Å². The van der Waals surface area contributed by atoms with E-state index in [2.05, 4.69) is 24.7 Å². The highest BCUT2D eigenvalue weighted by atomic mass is 32.2. The van der Waals surface area contributed by atoms with Crippen molar-refractivity contribution in [3.05, 3.63) is 59.4 Å². The number of rotatable bonds is 13. The molecule has 2 aromatic heterocycles. The van der Waals surface area contributed by atoms with Crippen molar-refractivity contribution in [3.8, 4) is 34.5 Å². The van der Waals surface area contributed by atoms with Crippen molar-refractivity contribution in [1.82, 2.24) is 24.7 Å². The first-order valence-electron chi connectivity index (χ1n) is 16.1. The third-order valence-electron chi connectivity index (χ3n) is 7.42. The minimum Gasteiger partial charge on any atom is -0.495 e. The second-order valence-corrected chi connectivity index (χ2v) is 15.8. The minimum absolute atomic E-state index is 0. The van der Waals surface area contributed by atoms with E-state index in [0.29, 0.717) is 28.9 Å². The molecule has 4 rings (SSSR count). The Kier molecular flexibility index (Phi) is 15.2. The van der Waals surface area contributed by atoms with E-state index in [1.807, 2.05) is 27.7 Å². The average molecular weight is 762 g/mol. The van der Waals surface area contributed by atoms with E-state index >= 15 is 0 Å². The molecular weight excluding hydrogens is 711 g/mol. The van der Waals surface area contributed by atoms with Crippen molar-refractivity contribution in [3.63, 3.8) is 0 Å². The Bertz CT molecular complexity index is 2070.